The van der Waals surface area contributed by atoms with Gasteiger partial charge in [-0.1, -0.05) is 30.3 Å². The summed E-state index contributed by atoms with van der Waals surface area (Å²) in [6.07, 6.45) is 6.62. The van der Waals surface area contributed by atoms with E-state index in [2.05, 4.69) is 39.4 Å². The molecule has 3 atom stereocenters. The monoisotopic (exact) mass is 341 g/mol. The highest BCUT2D eigenvalue weighted by Crippen LogP contribution is 2.43. The Hall–Kier alpha value is -1.69. The number of benzene rings is 1. The maximum Gasteiger partial charge on any atom is 0.0847 e. The fourth-order valence-electron chi connectivity index (χ4n) is 4.66. The summed E-state index contributed by atoms with van der Waals surface area (Å²) in [5.41, 5.74) is 3.55. The van der Waals surface area contributed by atoms with Crippen molar-refractivity contribution in [3.8, 4) is 11.3 Å². The van der Waals surface area contributed by atoms with Gasteiger partial charge in [-0.3, -0.25) is 10.00 Å². The van der Waals surface area contributed by atoms with Gasteiger partial charge in [0.2, 0.25) is 0 Å². The van der Waals surface area contributed by atoms with Gasteiger partial charge in [-0.15, -0.1) is 0 Å². The topological polar surface area (TPSA) is 50.4 Å². The summed E-state index contributed by atoms with van der Waals surface area (Å²) in [4.78, 5) is 2.56. The number of nitrogens with zero attached hydrogens (tertiary/aromatic N) is 2. The van der Waals surface area contributed by atoms with Gasteiger partial charge in [0.05, 0.1) is 23.6 Å². The average molecular weight is 341 g/mol. The van der Waals surface area contributed by atoms with Crippen molar-refractivity contribution in [3.63, 3.8) is 0 Å². The SMILES string of the molecule is CO[C@@H]1CC[C@@]2(OC)CCN(Cc3cn[nH]c3-c3ccccc3)[C@H]2C1. The minimum atomic E-state index is -0.00826. The lowest BCUT2D eigenvalue weighted by Gasteiger charge is -2.43. The van der Waals surface area contributed by atoms with Crippen molar-refractivity contribution < 1.29 is 9.47 Å². The first-order chi connectivity index (χ1) is 12.3. The zero-order valence-electron chi connectivity index (χ0n) is 15.1. The Balaban J connectivity index is 1.56. The highest BCUT2D eigenvalue weighted by Gasteiger charge is 2.51. The lowest BCUT2D eigenvalue weighted by Crippen LogP contribution is -2.51. The van der Waals surface area contributed by atoms with Crippen LogP contribution in [0.5, 0.6) is 0 Å². The van der Waals surface area contributed by atoms with Crippen LogP contribution < -0.4 is 0 Å². The van der Waals surface area contributed by atoms with Gasteiger partial charge in [0, 0.05) is 38.9 Å². The third-order valence-electron chi connectivity index (χ3n) is 6.14. The standard InChI is InChI=1S/C20H27N3O2/c1-24-17-8-9-20(25-2)10-11-23(18(20)12-17)14-16-13-21-22-19(16)15-6-4-3-5-7-15/h3-7,13,17-18H,8-12,14H2,1-2H3,(H,21,22)/t17-,18+,20-/m1/s1. The number of nitrogens with one attached hydrogen (secondary N) is 1. The van der Waals surface area contributed by atoms with E-state index in [1.807, 2.05) is 26.5 Å². The lowest BCUT2D eigenvalue weighted by molar-refractivity contribution is -0.0947. The molecule has 0 amide bonds. The van der Waals surface area contributed by atoms with Gasteiger partial charge in [-0.2, -0.15) is 5.10 Å². The molecule has 1 saturated carbocycles. The van der Waals surface area contributed by atoms with E-state index in [4.69, 9.17) is 9.47 Å². The molecule has 0 bridgehead atoms. The van der Waals surface area contributed by atoms with Gasteiger partial charge in [0.1, 0.15) is 0 Å². The molecule has 1 aromatic heterocycles. The van der Waals surface area contributed by atoms with Crippen LogP contribution in [0.1, 0.15) is 31.2 Å². The molecule has 1 aliphatic carbocycles. The number of hydrogen-bond acceptors (Lipinski definition) is 4. The van der Waals surface area contributed by atoms with Crippen molar-refractivity contribution >= 4 is 0 Å². The second-order valence-corrected chi connectivity index (χ2v) is 7.27. The average Bonchev–Trinajstić information content (AvgIpc) is 3.28. The molecule has 4 rings (SSSR count). The van der Waals surface area contributed by atoms with Crippen LogP contribution in [-0.2, 0) is 16.0 Å². The maximum atomic E-state index is 6.04. The number of aromatic nitrogens is 2. The second-order valence-electron chi connectivity index (χ2n) is 7.27. The highest BCUT2D eigenvalue weighted by atomic mass is 16.5. The molecule has 1 aliphatic heterocycles. The van der Waals surface area contributed by atoms with E-state index in [0.29, 0.717) is 12.1 Å². The smallest absolute Gasteiger partial charge is 0.0847 e. The molecular formula is C20H27N3O2. The number of ether oxygens (including phenoxy) is 2. The molecule has 134 valence electrons. The normalized spacial score (nSPS) is 29.7. The van der Waals surface area contributed by atoms with Gasteiger partial charge in [-0.05, 0) is 31.2 Å². The van der Waals surface area contributed by atoms with Crippen LogP contribution in [0.4, 0.5) is 0 Å². The molecule has 1 N–H and O–H groups in total. The zero-order chi connectivity index (χ0) is 17.3. The van der Waals surface area contributed by atoms with Crippen LogP contribution in [0, 0.1) is 0 Å². The Morgan fingerprint density at radius 1 is 1.24 bits per heavy atom. The lowest BCUT2D eigenvalue weighted by atomic mass is 9.79. The van der Waals surface area contributed by atoms with Gasteiger partial charge < -0.3 is 9.47 Å². The van der Waals surface area contributed by atoms with Crippen LogP contribution >= 0.6 is 0 Å². The van der Waals surface area contributed by atoms with Crippen LogP contribution in [-0.4, -0.2) is 53.6 Å². The first-order valence-corrected chi connectivity index (χ1v) is 9.15. The van der Waals surface area contributed by atoms with Crippen molar-refractivity contribution in [1.29, 1.82) is 0 Å². The molecule has 5 heteroatoms. The predicted molar refractivity (Wildman–Crippen MR) is 97.2 cm³/mol. The van der Waals surface area contributed by atoms with Crippen molar-refractivity contribution in [2.24, 2.45) is 0 Å². The number of hydrogen-bond donors (Lipinski definition) is 1. The van der Waals surface area contributed by atoms with Crippen LogP contribution in [0.25, 0.3) is 11.3 Å². The molecule has 2 fully saturated rings. The molecule has 2 heterocycles. The van der Waals surface area contributed by atoms with Crippen molar-refractivity contribution in [2.45, 2.75) is 50.0 Å². The number of likely N-dealkylation sites (tertiary alicyclic amines) is 1. The maximum absolute atomic E-state index is 6.04. The van der Waals surface area contributed by atoms with Gasteiger partial charge in [-0.25, -0.2) is 0 Å². The fourth-order valence-corrected chi connectivity index (χ4v) is 4.66. The summed E-state index contributed by atoms with van der Waals surface area (Å²) in [6, 6.07) is 10.8. The van der Waals surface area contributed by atoms with Crippen LogP contribution in [0.3, 0.4) is 0 Å². The molecule has 0 unspecified atom stereocenters. The van der Waals surface area contributed by atoms with Crippen molar-refractivity contribution in [2.75, 3.05) is 20.8 Å². The van der Waals surface area contributed by atoms with E-state index >= 15 is 0 Å². The Kier molecular flexibility index (Phi) is 4.63. The van der Waals surface area contributed by atoms with Crippen molar-refractivity contribution in [3.05, 3.63) is 42.1 Å². The molecule has 2 aromatic rings. The van der Waals surface area contributed by atoms with E-state index in [1.54, 1.807) is 0 Å². The number of H-pyrrole nitrogens is 1. The van der Waals surface area contributed by atoms with Crippen molar-refractivity contribution in [1.82, 2.24) is 15.1 Å². The summed E-state index contributed by atoms with van der Waals surface area (Å²) in [6.45, 7) is 1.96. The number of methoxy groups -OCH3 is 2. The molecule has 1 aromatic carbocycles. The van der Waals surface area contributed by atoms with Crippen LogP contribution in [0.2, 0.25) is 0 Å². The van der Waals surface area contributed by atoms with E-state index in [0.717, 1.165) is 44.5 Å². The van der Waals surface area contributed by atoms with E-state index in [-0.39, 0.29) is 5.60 Å². The van der Waals surface area contributed by atoms with Gasteiger partial charge in [0.25, 0.3) is 0 Å². The number of rotatable bonds is 5. The largest absolute Gasteiger partial charge is 0.381 e. The first-order valence-electron chi connectivity index (χ1n) is 9.15. The molecular weight excluding hydrogens is 314 g/mol. The Bertz CT molecular complexity index is 702. The quantitative estimate of drug-likeness (QED) is 0.907. The summed E-state index contributed by atoms with van der Waals surface area (Å²) in [5.74, 6) is 0. The molecule has 2 aliphatic rings. The Morgan fingerprint density at radius 3 is 2.84 bits per heavy atom. The first kappa shape index (κ1) is 16.8. The summed E-state index contributed by atoms with van der Waals surface area (Å²) in [7, 11) is 3.70. The van der Waals surface area contributed by atoms with Gasteiger partial charge >= 0.3 is 0 Å². The minimum Gasteiger partial charge on any atom is -0.381 e. The summed E-state index contributed by atoms with van der Waals surface area (Å²) >= 11 is 0. The molecule has 0 spiro atoms. The third-order valence-corrected chi connectivity index (χ3v) is 6.14. The molecule has 0 radical (unpaired) electrons. The Labute approximate surface area is 149 Å². The zero-order valence-corrected chi connectivity index (χ0v) is 15.1. The second kappa shape index (κ2) is 6.90. The molecule has 25 heavy (non-hydrogen) atoms. The fraction of sp³-hybridized carbons (Fsp3) is 0.550. The van der Waals surface area contributed by atoms with E-state index in [1.165, 1.54) is 11.1 Å². The van der Waals surface area contributed by atoms with Gasteiger partial charge in [0.15, 0.2) is 0 Å². The number of fused-ring (bicyclic) bond motifs is 1. The van der Waals surface area contributed by atoms with E-state index in [9.17, 15) is 0 Å². The Morgan fingerprint density at radius 2 is 2.08 bits per heavy atom. The minimum absolute atomic E-state index is 0.00826. The third kappa shape index (κ3) is 3.01. The highest BCUT2D eigenvalue weighted by molar-refractivity contribution is 5.62. The van der Waals surface area contributed by atoms with Crippen LogP contribution in [0.15, 0.2) is 36.5 Å². The number of aromatic amines is 1. The summed E-state index contributed by atoms with van der Waals surface area (Å²) < 4.78 is 11.7. The van der Waals surface area contributed by atoms with E-state index < -0.39 is 0 Å². The summed E-state index contributed by atoms with van der Waals surface area (Å²) in [5, 5.41) is 7.48. The molecule has 1 saturated heterocycles. The molecule has 5 nitrogen and oxygen atoms in total. The predicted octanol–water partition coefficient (Wildman–Crippen LogP) is 3.24.